The standard InChI is InChI=1S/C14H12F4N2O3/c1-8-12(14(16,17)18)19-23-13(8)22-7-11(21)20(2)10-6-4-3-5-9(10)15/h3-6H,7H2,1-2H3. The van der Waals surface area contributed by atoms with Gasteiger partial charge in [-0.05, 0) is 19.1 Å². The Labute approximate surface area is 128 Å². The Hall–Kier alpha value is -2.58. The van der Waals surface area contributed by atoms with Gasteiger partial charge >= 0.3 is 12.1 Å². The van der Waals surface area contributed by atoms with Gasteiger partial charge in [0, 0.05) is 7.05 Å². The molecule has 0 unspecified atom stereocenters. The second kappa shape index (κ2) is 6.27. The zero-order chi connectivity index (χ0) is 17.2. The lowest BCUT2D eigenvalue weighted by molar-refractivity contribution is -0.143. The van der Waals surface area contributed by atoms with Crippen molar-refractivity contribution in [1.82, 2.24) is 5.16 Å². The summed E-state index contributed by atoms with van der Waals surface area (Å²) in [4.78, 5) is 12.9. The Morgan fingerprint density at radius 3 is 2.57 bits per heavy atom. The summed E-state index contributed by atoms with van der Waals surface area (Å²) in [7, 11) is 1.32. The third kappa shape index (κ3) is 3.61. The highest BCUT2D eigenvalue weighted by Crippen LogP contribution is 2.34. The molecule has 0 saturated carbocycles. The summed E-state index contributed by atoms with van der Waals surface area (Å²) < 4.78 is 60.6. The van der Waals surface area contributed by atoms with E-state index in [9.17, 15) is 22.4 Å². The number of carbonyl (C=O) groups excluding carboxylic acids is 1. The van der Waals surface area contributed by atoms with Crippen LogP contribution in [0.3, 0.4) is 0 Å². The van der Waals surface area contributed by atoms with Gasteiger partial charge in [-0.2, -0.15) is 13.2 Å². The van der Waals surface area contributed by atoms with Crippen LogP contribution in [0.5, 0.6) is 5.95 Å². The molecule has 0 spiro atoms. The van der Waals surface area contributed by atoms with E-state index in [1.807, 2.05) is 0 Å². The molecule has 1 heterocycles. The highest BCUT2D eigenvalue weighted by atomic mass is 19.4. The Morgan fingerprint density at radius 2 is 2.00 bits per heavy atom. The van der Waals surface area contributed by atoms with Crippen LogP contribution in [0.25, 0.3) is 0 Å². The molecule has 9 heteroatoms. The summed E-state index contributed by atoms with van der Waals surface area (Å²) in [5.41, 5.74) is -1.56. The van der Waals surface area contributed by atoms with Crippen LogP contribution in [-0.2, 0) is 11.0 Å². The van der Waals surface area contributed by atoms with E-state index in [4.69, 9.17) is 4.74 Å². The van der Waals surface area contributed by atoms with Gasteiger partial charge in [-0.1, -0.05) is 17.3 Å². The van der Waals surface area contributed by atoms with Gasteiger partial charge in [0.25, 0.3) is 5.91 Å². The van der Waals surface area contributed by atoms with Crippen molar-refractivity contribution < 1.29 is 31.6 Å². The first-order chi connectivity index (χ1) is 10.7. The van der Waals surface area contributed by atoms with Gasteiger partial charge in [-0.3, -0.25) is 4.79 Å². The minimum atomic E-state index is -4.68. The predicted molar refractivity (Wildman–Crippen MR) is 71.5 cm³/mol. The highest BCUT2D eigenvalue weighted by Gasteiger charge is 2.38. The monoisotopic (exact) mass is 332 g/mol. The van der Waals surface area contributed by atoms with E-state index in [1.54, 1.807) is 6.07 Å². The van der Waals surface area contributed by atoms with Crippen molar-refractivity contribution in [3.8, 4) is 5.95 Å². The number of anilines is 1. The summed E-state index contributed by atoms with van der Waals surface area (Å²) in [6.45, 7) is 0.484. The number of hydrogen-bond acceptors (Lipinski definition) is 4. The van der Waals surface area contributed by atoms with E-state index in [0.29, 0.717) is 0 Å². The van der Waals surface area contributed by atoms with Crippen molar-refractivity contribution in [3.05, 3.63) is 41.3 Å². The Kier molecular flexibility index (Phi) is 4.57. The average Bonchev–Trinajstić information content (AvgIpc) is 2.85. The zero-order valence-corrected chi connectivity index (χ0v) is 12.1. The van der Waals surface area contributed by atoms with Crippen LogP contribution >= 0.6 is 0 Å². The molecular weight excluding hydrogens is 320 g/mol. The molecule has 1 amide bonds. The first-order valence-electron chi connectivity index (χ1n) is 6.39. The van der Waals surface area contributed by atoms with Crippen molar-refractivity contribution in [2.45, 2.75) is 13.1 Å². The normalized spacial score (nSPS) is 11.4. The van der Waals surface area contributed by atoms with Crippen LogP contribution in [0.2, 0.25) is 0 Å². The van der Waals surface area contributed by atoms with Crippen molar-refractivity contribution >= 4 is 11.6 Å². The number of likely N-dealkylation sites (N-methyl/N-ethyl adjacent to an activating group) is 1. The Bertz CT molecular complexity index is 712. The number of ether oxygens (including phenoxy) is 1. The van der Waals surface area contributed by atoms with Gasteiger partial charge in [-0.25, -0.2) is 4.39 Å². The van der Waals surface area contributed by atoms with Crippen LogP contribution < -0.4 is 9.64 Å². The predicted octanol–water partition coefficient (Wildman–Crippen LogP) is 3.18. The maximum absolute atomic E-state index is 13.6. The lowest BCUT2D eigenvalue weighted by Gasteiger charge is -2.17. The van der Waals surface area contributed by atoms with Crippen LogP contribution in [0.4, 0.5) is 23.2 Å². The summed E-state index contributed by atoms with van der Waals surface area (Å²) in [5.74, 6) is -1.79. The van der Waals surface area contributed by atoms with Crippen LogP contribution in [0.1, 0.15) is 11.3 Å². The molecule has 0 aliphatic heterocycles. The summed E-state index contributed by atoms with van der Waals surface area (Å²) >= 11 is 0. The fourth-order valence-corrected chi connectivity index (χ4v) is 1.80. The number of rotatable bonds is 4. The maximum Gasteiger partial charge on any atom is 0.437 e. The van der Waals surface area contributed by atoms with E-state index in [-0.39, 0.29) is 11.3 Å². The molecule has 0 aliphatic carbocycles. The Morgan fingerprint density at radius 1 is 1.35 bits per heavy atom. The lowest BCUT2D eigenvalue weighted by Crippen LogP contribution is -2.31. The second-order valence-electron chi connectivity index (χ2n) is 4.63. The van der Waals surface area contributed by atoms with Gasteiger partial charge in [-0.15, -0.1) is 0 Å². The number of aromatic nitrogens is 1. The molecule has 0 radical (unpaired) electrons. The van der Waals surface area contributed by atoms with Gasteiger partial charge in [0.1, 0.15) is 5.82 Å². The number of nitrogens with zero attached hydrogens (tertiary/aromatic N) is 2. The smallest absolute Gasteiger partial charge is 0.437 e. The molecule has 0 atom stereocenters. The molecule has 0 N–H and O–H groups in total. The molecule has 0 bridgehead atoms. The quantitative estimate of drug-likeness (QED) is 0.807. The molecule has 0 fully saturated rings. The van der Waals surface area contributed by atoms with E-state index < -0.39 is 36.1 Å². The van der Waals surface area contributed by atoms with E-state index in [1.165, 1.54) is 25.2 Å². The van der Waals surface area contributed by atoms with Crippen LogP contribution in [0.15, 0.2) is 28.8 Å². The number of carbonyl (C=O) groups is 1. The van der Waals surface area contributed by atoms with Crippen LogP contribution in [0, 0.1) is 12.7 Å². The molecule has 124 valence electrons. The Balaban J connectivity index is 2.05. The fraction of sp³-hybridized carbons (Fsp3) is 0.286. The zero-order valence-electron chi connectivity index (χ0n) is 12.1. The molecule has 2 aromatic rings. The fourth-order valence-electron chi connectivity index (χ4n) is 1.80. The largest absolute Gasteiger partial charge is 0.453 e. The molecule has 1 aromatic heterocycles. The number of alkyl halides is 3. The third-order valence-corrected chi connectivity index (χ3v) is 3.06. The molecule has 1 aromatic carbocycles. The van der Waals surface area contributed by atoms with E-state index >= 15 is 0 Å². The number of benzene rings is 1. The van der Waals surface area contributed by atoms with Gasteiger partial charge in [0.2, 0.25) is 0 Å². The maximum atomic E-state index is 13.6. The van der Waals surface area contributed by atoms with E-state index in [2.05, 4.69) is 9.68 Å². The summed E-state index contributed by atoms with van der Waals surface area (Å²) in [6, 6.07) is 5.56. The van der Waals surface area contributed by atoms with Crippen molar-refractivity contribution in [3.63, 3.8) is 0 Å². The lowest BCUT2D eigenvalue weighted by atomic mass is 10.2. The van der Waals surface area contributed by atoms with Crippen molar-refractivity contribution in [2.75, 3.05) is 18.6 Å². The first-order valence-corrected chi connectivity index (χ1v) is 6.39. The van der Waals surface area contributed by atoms with Crippen molar-refractivity contribution in [1.29, 1.82) is 0 Å². The number of amides is 1. The topological polar surface area (TPSA) is 55.6 Å². The molecule has 5 nitrogen and oxygen atoms in total. The minimum absolute atomic E-state index is 0.0198. The van der Waals surface area contributed by atoms with Crippen molar-refractivity contribution in [2.24, 2.45) is 0 Å². The van der Waals surface area contributed by atoms with Gasteiger partial charge < -0.3 is 14.2 Å². The second-order valence-corrected chi connectivity index (χ2v) is 4.63. The molecule has 2 rings (SSSR count). The molecule has 23 heavy (non-hydrogen) atoms. The number of para-hydroxylation sites is 1. The van der Waals surface area contributed by atoms with Crippen LogP contribution in [-0.4, -0.2) is 24.7 Å². The summed E-state index contributed by atoms with van der Waals surface area (Å²) in [5, 5.41) is 2.87. The highest BCUT2D eigenvalue weighted by molar-refractivity contribution is 5.93. The van der Waals surface area contributed by atoms with E-state index in [0.717, 1.165) is 11.8 Å². The van der Waals surface area contributed by atoms with Gasteiger partial charge in [0.15, 0.2) is 12.3 Å². The number of halogens is 4. The molecule has 0 aliphatic rings. The summed E-state index contributed by atoms with van der Waals surface area (Å²) in [6.07, 6.45) is -4.68. The number of hydrogen-bond donors (Lipinski definition) is 0. The minimum Gasteiger partial charge on any atom is -0.453 e. The third-order valence-electron chi connectivity index (χ3n) is 3.06. The molecule has 0 saturated heterocycles. The molecular formula is C14H12F4N2O3. The SMILES string of the molecule is Cc1c(C(F)(F)F)noc1OCC(=O)N(C)c1ccccc1F. The van der Waals surface area contributed by atoms with Gasteiger partial charge in [0.05, 0.1) is 11.3 Å². The first kappa shape index (κ1) is 16.8. The average molecular weight is 332 g/mol.